The Kier molecular flexibility index (Phi) is 5.44. The summed E-state index contributed by atoms with van der Waals surface area (Å²) < 4.78 is 24.4. The van der Waals surface area contributed by atoms with Gasteiger partial charge in [0.2, 0.25) is 17.6 Å². The van der Waals surface area contributed by atoms with Gasteiger partial charge in [-0.1, -0.05) is 18.5 Å². The molecule has 0 unspecified atom stereocenters. The van der Waals surface area contributed by atoms with Crippen molar-refractivity contribution in [3.8, 4) is 11.4 Å². The van der Waals surface area contributed by atoms with Gasteiger partial charge in [-0.3, -0.25) is 4.79 Å². The summed E-state index contributed by atoms with van der Waals surface area (Å²) in [6.45, 7) is 4.79. The highest BCUT2D eigenvalue weighted by Gasteiger charge is 2.51. The molecule has 1 amide bonds. The Morgan fingerprint density at radius 1 is 1.29 bits per heavy atom. The fourth-order valence-corrected chi connectivity index (χ4v) is 4.36. The molecule has 2 fully saturated rings. The van der Waals surface area contributed by atoms with Crippen LogP contribution in [0.4, 0.5) is 4.39 Å². The number of benzene rings is 1. The molecule has 2 aromatic rings. The number of carbonyl (C=O) groups excluding carboxylic acids is 1. The Labute approximate surface area is 164 Å². The summed E-state index contributed by atoms with van der Waals surface area (Å²) in [6, 6.07) is 6.05. The van der Waals surface area contributed by atoms with Crippen LogP contribution in [0.25, 0.3) is 11.4 Å². The van der Waals surface area contributed by atoms with E-state index in [2.05, 4.69) is 17.1 Å². The molecule has 0 aliphatic carbocycles. The highest BCUT2D eigenvalue weighted by Crippen LogP contribution is 2.49. The van der Waals surface area contributed by atoms with Gasteiger partial charge in [0.1, 0.15) is 5.82 Å². The molecular weight excluding hydrogens is 361 g/mol. The zero-order chi connectivity index (χ0) is 19.6. The van der Waals surface area contributed by atoms with E-state index in [0.717, 1.165) is 32.2 Å². The monoisotopic (exact) mass is 387 g/mol. The Morgan fingerprint density at radius 2 is 2.04 bits per heavy atom. The van der Waals surface area contributed by atoms with Gasteiger partial charge in [0.15, 0.2) is 0 Å². The third-order valence-electron chi connectivity index (χ3n) is 6.08. The third kappa shape index (κ3) is 3.68. The minimum absolute atomic E-state index is 0.00340. The number of rotatable bonds is 5. The van der Waals surface area contributed by atoms with E-state index in [1.807, 2.05) is 4.90 Å². The van der Waals surface area contributed by atoms with Gasteiger partial charge < -0.3 is 14.2 Å². The molecule has 7 heteroatoms. The molecule has 6 nitrogen and oxygen atoms in total. The minimum atomic E-state index is -0.300. The first-order chi connectivity index (χ1) is 13.6. The van der Waals surface area contributed by atoms with Crippen molar-refractivity contribution in [2.75, 3.05) is 26.3 Å². The standard InChI is InChI=1S/C21H26FN3O3/c1-2-3-4-18(26)25-13-17(21(14-25)9-11-27-12-10-21)20-23-19(24-28-20)15-5-7-16(22)8-6-15/h5-8,17H,2-4,9-14H2,1H3/t17-/m0/s1. The van der Waals surface area contributed by atoms with Crippen molar-refractivity contribution in [2.24, 2.45) is 5.41 Å². The SMILES string of the molecule is CCCCC(=O)N1C[C@@H](c2nc(-c3ccc(F)cc3)no2)C2(CCOCC2)C1. The maximum Gasteiger partial charge on any atom is 0.232 e. The number of unbranched alkanes of at least 4 members (excludes halogenated alkanes) is 1. The quantitative estimate of drug-likeness (QED) is 0.781. The molecule has 0 saturated carbocycles. The molecule has 2 aliphatic heterocycles. The van der Waals surface area contributed by atoms with E-state index in [0.29, 0.717) is 43.5 Å². The summed E-state index contributed by atoms with van der Waals surface area (Å²) in [5.74, 6) is 0.919. The normalized spacial score (nSPS) is 21.4. The van der Waals surface area contributed by atoms with Crippen LogP contribution in [0.1, 0.15) is 50.8 Å². The van der Waals surface area contributed by atoms with Crippen molar-refractivity contribution >= 4 is 5.91 Å². The average Bonchev–Trinajstić information content (AvgIpc) is 3.33. The van der Waals surface area contributed by atoms with Crippen LogP contribution in [-0.4, -0.2) is 47.3 Å². The van der Waals surface area contributed by atoms with Crippen LogP contribution < -0.4 is 0 Å². The summed E-state index contributed by atoms with van der Waals surface area (Å²) in [6.07, 6.45) is 4.26. The Morgan fingerprint density at radius 3 is 2.75 bits per heavy atom. The molecule has 0 bridgehead atoms. The van der Waals surface area contributed by atoms with Crippen LogP contribution in [0.3, 0.4) is 0 Å². The van der Waals surface area contributed by atoms with Crippen LogP contribution in [0.5, 0.6) is 0 Å². The van der Waals surface area contributed by atoms with Gasteiger partial charge in [0.25, 0.3) is 0 Å². The van der Waals surface area contributed by atoms with E-state index in [1.165, 1.54) is 12.1 Å². The lowest BCUT2D eigenvalue weighted by Gasteiger charge is -2.36. The fourth-order valence-electron chi connectivity index (χ4n) is 4.36. The zero-order valence-corrected chi connectivity index (χ0v) is 16.2. The number of halogens is 1. The van der Waals surface area contributed by atoms with E-state index in [4.69, 9.17) is 9.26 Å². The highest BCUT2D eigenvalue weighted by atomic mass is 19.1. The van der Waals surface area contributed by atoms with Crippen LogP contribution in [0, 0.1) is 11.2 Å². The Balaban J connectivity index is 1.59. The van der Waals surface area contributed by atoms with Gasteiger partial charge in [-0.25, -0.2) is 4.39 Å². The lowest BCUT2D eigenvalue weighted by atomic mass is 9.72. The zero-order valence-electron chi connectivity index (χ0n) is 16.2. The number of amides is 1. The topological polar surface area (TPSA) is 68.5 Å². The van der Waals surface area contributed by atoms with E-state index < -0.39 is 0 Å². The van der Waals surface area contributed by atoms with E-state index in [1.54, 1.807) is 12.1 Å². The number of ether oxygens (including phenoxy) is 1. The number of hydrogen-bond acceptors (Lipinski definition) is 5. The molecule has 1 spiro atoms. The second kappa shape index (κ2) is 7.99. The second-order valence-corrected chi connectivity index (χ2v) is 7.87. The molecule has 0 N–H and O–H groups in total. The smallest absolute Gasteiger partial charge is 0.232 e. The van der Waals surface area contributed by atoms with Crippen LogP contribution in [-0.2, 0) is 9.53 Å². The van der Waals surface area contributed by atoms with Gasteiger partial charge in [0, 0.05) is 43.7 Å². The van der Waals surface area contributed by atoms with Gasteiger partial charge >= 0.3 is 0 Å². The molecule has 0 radical (unpaired) electrons. The molecule has 2 aliphatic rings. The van der Waals surface area contributed by atoms with E-state index in [9.17, 15) is 9.18 Å². The van der Waals surface area contributed by atoms with E-state index in [-0.39, 0.29) is 23.1 Å². The summed E-state index contributed by atoms with van der Waals surface area (Å²) in [7, 11) is 0. The van der Waals surface area contributed by atoms with Crippen LogP contribution in [0.2, 0.25) is 0 Å². The third-order valence-corrected chi connectivity index (χ3v) is 6.08. The molecule has 28 heavy (non-hydrogen) atoms. The first kappa shape index (κ1) is 19.1. The van der Waals surface area contributed by atoms with Crippen LogP contribution in [0.15, 0.2) is 28.8 Å². The van der Waals surface area contributed by atoms with Crippen molar-refractivity contribution in [1.29, 1.82) is 0 Å². The minimum Gasteiger partial charge on any atom is -0.381 e. The fraction of sp³-hybridized carbons (Fsp3) is 0.571. The Bertz CT molecular complexity index is 815. The molecule has 1 aromatic carbocycles. The lowest BCUT2D eigenvalue weighted by Crippen LogP contribution is -2.37. The maximum atomic E-state index is 13.2. The second-order valence-electron chi connectivity index (χ2n) is 7.87. The number of aromatic nitrogens is 2. The summed E-state index contributed by atoms with van der Waals surface area (Å²) in [5, 5.41) is 4.11. The lowest BCUT2D eigenvalue weighted by molar-refractivity contribution is -0.131. The number of nitrogens with zero attached hydrogens (tertiary/aromatic N) is 3. The number of hydrogen-bond donors (Lipinski definition) is 0. The maximum absolute atomic E-state index is 13.2. The molecule has 1 atom stereocenters. The van der Waals surface area contributed by atoms with Crippen molar-refractivity contribution < 1.29 is 18.4 Å². The van der Waals surface area contributed by atoms with Crippen molar-refractivity contribution in [3.05, 3.63) is 36.0 Å². The van der Waals surface area contributed by atoms with Crippen molar-refractivity contribution in [1.82, 2.24) is 15.0 Å². The van der Waals surface area contributed by atoms with Gasteiger partial charge in [-0.2, -0.15) is 4.98 Å². The first-order valence-corrected chi connectivity index (χ1v) is 10.1. The molecule has 1 aromatic heterocycles. The Hall–Kier alpha value is -2.28. The molecular formula is C21H26FN3O3. The molecule has 150 valence electrons. The van der Waals surface area contributed by atoms with E-state index >= 15 is 0 Å². The van der Waals surface area contributed by atoms with Gasteiger partial charge in [-0.05, 0) is 43.5 Å². The summed E-state index contributed by atoms with van der Waals surface area (Å²) in [5.41, 5.74) is 0.638. The molecule has 3 heterocycles. The predicted molar refractivity (Wildman–Crippen MR) is 101 cm³/mol. The largest absolute Gasteiger partial charge is 0.381 e. The summed E-state index contributed by atoms with van der Waals surface area (Å²) in [4.78, 5) is 19.2. The highest BCUT2D eigenvalue weighted by molar-refractivity contribution is 5.76. The van der Waals surface area contributed by atoms with Gasteiger partial charge in [-0.15, -0.1) is 0 Å². The van der Waals surface area contributed by atoms with Crippen molar-refractivity contribution in [3.63, 3.8) is 0 Å². The predicted octanol–water partition coefficient (Wildman–Crippen LogP) is 3.79. The van der Waals surface area contributed by atoms with Gasteiger partial charge in [0.05, 0.1) is 5.92 Å². The summed E-state index contributed by atoms with van der Waals surface area (Å²) >= 11 is 0. The average molecular weight is 387 g/mol. The van der Waals surface area contributed by atoms with Crippen LogP contribution >= 0.6 is 0 Å². The molecule has 4 rings (SSSR count). The van der Waals surface area contributed by atoms with Crippen molar-refractivity contribution in [2.45, 2.75) is 44.9 Å². The first-order valence-electron chi connectivity index (χ1n) is 10.1. The number of carbonyl (C=O) groups is 1. The molecule has 2 saturated heterocycles. The number of likely N-dealkylation sites (tertiary alicyclic amines) is 1.